The maximum atomic E-state index is 12.5. The summed E-state index contributed by atoms with van der Waals surface area (Å²) in [7, 11) is -2.00. The molecular formula is C16H19N3O3S. The maximum absolute atomic E-state index is 12.5. The van der Waals surface area contributed by atoms with Gasteiger partial charge in [0.1, 0.15) is 0 Å². The minimum Gasteiger partial charge on any atom is -0.326 e. The zero-order chi connectivity index (χ0) is 16.9. The van der Waals surface area contributed by atoms with Crippen LogP contribution in [0.1, 0.15) is 12.5 Å². The van der Waals surface area contributed by atoms with Gasteiger partial charge in [-0.25, -0.2) is 12.7 Å². The second-order valence-electron chi connectivity index (χ2n) is 5.14. The number of anilines is 1. The van der Waals surface area contributed by atoms with E-state index < -0.39 is 10.0 Å². The molecule has 0 aliphatic heterocycles. The van der Waals surface area contributed by atoms with E-state index in [1.54, 1.807) is 31.6 Å². The lowest BCUT2D eigenvalue weighted by Crippen LogP contribution is -2.29. The van der Waals surface area contributed by atoms with Gasteiger partial charge in [-0.2, -0.15) is 0 Å². The second-order valence-corrected chi connectivity index (χ2v) is 7.18. The molecule has 1 N–H and O–H groups in total. The Morgan fingerprint density at radius 3 is 2.30 bits per heavy atom. The SMILES string of the molecule is CC(=O)Nc1ccc(S(=O)(=O)N(C)CCc2ccncc2)cc1. The van der Waals surface area contributed by atoms with Crippen molar-refractivity contribution in [3.8, 4) is 0 Å². The van der Waals surface area contributed by atoms with Crippen LogP contribution in [-0.4, -0.2) is 37.2 Å². The Morgan fingerprint density at radius 1 is 1.13 bits per heavy atom. The van der Waals surface area contributed by atoms with Crippen LogP contribution < -0.4 is 5.32 Å². The Labute approximate surface area is 136 Å². The topological polar surface area (TPSA) is 79.4 Å². The maximum Gasteiger partial charge on any atom is 0.242 e. The molecule has 1 aromatic carbocycles. The minimum absolute atomic E-state index is 0.198. The number of aromatic nitrogens is 1. The number of hydrogen-bond acceptors (Lipinski definition) is 4. The minimum atomic E-state index is -3.55. The third-order valence-corrected chi connectivity index (χ3v) is 5.22. The van der Waals surface area contributed by atoms with Gasteiger partial charge in [-0.05, 0) is 48.4 Å². The molecular weight excluding hydrogens is 314 g/mol. The standard InChI is InChI=1S/C16H19N3O3S/c1-13(20)18-15-3-5-16(6-4-15)23(21,22)19(2)12-9-14-7-10-17-11-8-14/h3-8,10-11H,9,12H2,1-2H3,(H,18,20). The molecule has 0 aliphatic carbocycles. The molecule has 0 spiro atoms. The number of nitrogens with one attached hydrogen (secondary N) is 1. The molecule has 1 heterocycles. The summed E-state index contributed by atoms with van der Waals surface area (Å²) in [6.07, 6.45) is 3.98. The van der Waals surface area contributed by atoms with Gasteiger partial charge in [0.25, 0.3) is 0 Å². The number of nitrogens with zero attached hydrogens (tertiary/aromatic N) is 2. The van der Waals surface area contributed by atoms with Gasteiger partial charge in [0.15, 0.2) is 0 Å². The summed E-state index contributed by atoms with van der Waals surface area (Å²) in [5.74, 6) is -0.199. The summed E-state index contributed by atoms with van der Waals surface area (Å²) in [5, 5.41) is 2.61. The van der Waals surface area contributed by atoms with Gasteiger partial charge in [0.2, 0.25) is 15.9 Å². The van der Waals surface area contributed by atoms with Crippen LogP contribution in [0.5, 0.6) is 0 Å². The summed E-state index contributed by atoms with van der Waals surface area (Å²) in [6.45, 7) is 1.78. The van der Waals surface area contributed by atoms with Gasteiger partial charge in [0, 0.05) is 38.6 Å². The van der Waals surface area contributed by atoms with Gasteiger partial charge in [-0.3, -0.25) is 9.78 Å². The van der Waals surface area contributed by atoms with Crippen molar-refractivity contribution in [2.24, 2.45) is 0 Å². The van der Waals surface area contributed by atoms with Crippen molar-refractivity contribution in [2.45, 2.75) is 18.2 Å². The van der Waals surface area contributed by atoms with Crippen molar-refractivity contribution in [2.75, 3.05) is 18.9 Å². The van der Waals surface area contributed by atoms with Gasteiger partial charge >= 0.3 is 0 Å². The van der Waals surface area contributed by atoms with E-state index >= 15 is 0 Å². The van der Waals surface area contributed by atoms with Crippen LogP contribution in [0.25, 0.3) is 0 Å². The Bertz CT molecular complexity index is 759. The highest BCUT2D eigenvalue weighted by molar-refractivity contribution is 7.89. The molecule has 1 aromatic heterocycles. The first-order chi connectivity index (χ1) is 10.9. The number of hydrogen-bond donors (Lipinski definition) is 1. The summed E-state index contributed by atoms with van der Waals surface area (Å²) in [5.41, 5.74) is 1.60. The number of sulfonamides is 1. The third-order valence-electron chi connectivity index (χ3n) is 3.35. The van der Waals surface area contributed by atoms with Crippen LogP contribution in [0.15, 0.2) is 53.7 Å². The monoisotopic (exact) mass is 333 g/mol. The Balaban J connectivity index is 2.06. The van der Waals surface area contributed by atoms with Crippen LogP contribution >= 0.6 is 0 Å². The van der Waals surface area contributed by atoms with Crippen LogP contribution in [-0.2, 0) is 21.2 Å². The van der Waals surface area contributed by atoms with Gasteiger partial charge in [-0.1, -0.05) is 0 Å². The van der Waals surface area contributed by atoms with E-state index in [4.69, 9.17) is 0 Å². The molecule has 1 amide bonds. The average Bonchev–Trinajstić information content (AvgIpc) is 2.53. The fourth-order valence-corrected chi connectivity index (χ4v) is 3.22. The predicted molar refractivity (Wildman–Crippen MR) is 88.5 cm³/mol. The molecule has 6 nitrogen and oxygen atoms in total. The lowest BCUT2D eigenvalue weighted by molar-refractivity contribution is -0.114. The van der Waals surface area contributed by atoms with Crippen LogP contribution in [0, 0.1) is 0 Å². The van der Waals surface area contributed by atoms with E-state index in [9.17, 15) is 13.2 Å². The van der Waals surface area contributed by atoms with E-state index in [1.807, 2.05) is 12.1 Å². The van der Waals surface area contributed by atoms with E-state index in [1.165, 1.54) is 23.4 Å². The molecule has 122 valence electrons. The van der Waals surface area contributed by atoms with Crippen molar-refractivity contribution < 1.29 is 13.2 Å². The lowest BCUT2D eigenvalue weighted by Gasteiger charge is -2.17. The Kier molecular flexibility index (Phi) is 5.46. The van der Waals surface area contributed by atoms with Crippen LogP contribution in [0.3, 0.4) is 0 Å². The summed E-state index contributed by atoms with van der Waals surface area (Å²) >= 11 is 0. The van der Waals surface area contributed by atoms with E-state index in [2.05, 4.69) is 10.3 Å². The van der Waals surface area contributed by atoms with Gasteiger partial charge < -0.3 is 5.32 Å². The molecule has 0 unspecified atom stereocenters. The highest BCUT2D eigenvalue weighted by Crippen LogP contribution is 2.18. The molecule has 2 rings (SSSR count). The van der Waals surface area contributed by atoms with Crippen molar-refractivity contribution in [1.82, 2.24) is 9.29 Å². The smallest absolute Gasteiger partial charge is 0.242 e. The molecule has 2 aromatic rings. The summed E-state index contributed by atoms with van der Waals surface area (Å²) < 4.78 is 26.3. The third kappa shape index (κ3) is 4.61. The normalized spacial score (nSPS) is 11.4. The molecule has 0 bridgehead atoms. The average molecular weight is 333 g/mol. The van der Waals surface area contributed by atoms with Gasteiger partial charge in [-0.15, -0.1) is 0 Å². The van der Waals surface area contributed by atoms with Crippen LogP contribution in [0.2, 0.25) is 0 Å². The van der Waals surface area contributed by atoms with Crippen molar-refractivity contribution in [3.63, 3.8) is 0 Å². The first-order valence-corrected chi connectivity index (χ1v) is 8.56. The molecule has 0 saturated heterocycles. The fraction of sp³-hybridized carbons (Fsp3) is 0.250. The largest absolute Gasteiger partial charge is 0.326 e. The molecule has 0 fully saturated rings. The molecule has 0 aliphatic rings. The van der Waals surface area contributed by atoms with E-state index in [-0.39, 0.29) is 10.8 Å². The number of benzene rings is 1. The van der Waals surface area contributed by atoms with E-state index in [0.717, 1.165) is 5.56 Å². The molecule has 0 saturated carbocycles. The molecule has 0 radical (unpaired) electrons. The number of likely N-dealkylation sites (N-methyl/N-ethyl adjacent to an activating group) is 1. The number of carbonyl (C=O) groups is 1. The quantitative estimate of drug-likeness (QED) is 0.876. The molecule has 7 heteroatoms. The van der Waals surface area contributed by atoms with Crippen LogP contribution in [0.4, 0.5) is 5.69 Å². The van der Waals surface area contributed by atoms with Crippen molar-refractivity contribution in [1.29, 1.82) is 0 Å². The highest BCUT2D eigenvalue weighted by atomic mass is 32.2. The van der Waals surface area contributed by atoms with Crippen molar-refractivity contribution in [3.05, 3.63) is 54.4 Å². The summed E-state index contributed by atoms with van der Waals surface area (Å²) in [6, 6.07) is 9.86. The molecule has 0 atom stereocenters. The second kappa shape index (κ2) is 7.34. The zero-order valence-corrected chi connectivity index (χ0v) is 13.9. The Morgan fingerprint density at radius 2 is 1.74 bits per heavy atom. The van der Waals surface area contributed by atoms with Crippen molar-refractivity contribution >= 4 is 21.6 Å². The number of pyridine rings is 1. The first-order valence-electron chi connectivity index (χ1n) is 7.12. The number of amides is 1. The molecule has 23 heavy (non-hydrogen) atoms. The van der Waals surface area contributed by atoms with E-state index in [0.29, 0.717) is 18.7 Å². The number of carbonyl (C=O) groups excluding carboxylic acids is 1. The first kappa shape index (κ1) is 17.1. The highest BCUT2D eigenvalue weighted by Gasteiger charge is 2.20. The lowest BCUT2D eigenvalue weighted by atomic mass is 10.2. The van der Waals surface area contributed by atoms with Gasteiger partial charge in [0.05, 0.1) is 4.90 Å². The predicted octanol–water partition coefficient (Wildman–Crippen LogP) is 1.90. The zero-order valence-electron chi connectivity index (χ0n) is 13.1. The summed E-state index contributed by atoms with van der Waals surface area (Å²) in [4.78, 5) is 15.1. The number of rotatable bonds is 6. The fourth-order valence-electron chi connectivity index (χ4n) is 2.05. The Hall–Kier alpha value is -2.25.